The quantitative estimate of drug-likeness (QED) is 0.854. The Morgan fingerprint density at radius 3 is 3.05 bits per heavy atom. The summed E-state index contributed by atoms with van der Waals surface area (Å²) < 4.78 is 2.01. The van der Waals surface area contributed by atoms with E-state index in [0.29, 0.717) is 6.54 Å². The fraction of sp³-hybridized carbons (Fsp3) is 0.529. The van der Waals surface area contributed by atoms with Crippen LogP contribution < -0.4 is 5.32 Å². The highest BCUT2D eigenvalue weighted by atomic mass is 16.2. The number of nitrogens with one attached hydrogen (secondary N) is 1. The summed E-state index contributed by atoms with van der Waals surface area (Å²) in [5, 5.41) is 3.03. The second-order valence-corrected chi connectivity index (χ2v) is 6.07. The van der Waals surface area contributed by atoms with Crippen LogP contribution in [0.5, 0.6) is 0 Å². The van der Waals surface area contributed by atoms with Gasteiger partial charge in [-0.3, -0.25) is 0 Å². The Balaban J connectivity index is 1.49. The normalized spacial score (nSPS) is 14.2. The minimum atomic E-state index is 0.0671. The maximum absolute atomic E-state index is 12.2. The molecule has 2 heterocycles. The van der Waals surface area contributed by atoms with Crippen molar-refractivity contribution < 1.29 is 4.79 Å². The lowest BCUT2D eigenvalue weighted by Crippen LogP contribution is -2.42. The molecule has 0 bridgehead atoms. The number of hydrogen-bond donors (Lipinski definition) is 1. The average molecular weight is 300 g/mol. The molecule has 1 aliphatic rings. The van der Waals surface area contributed by atoms with Gasteiger partial charge >= 0.3 is 6.03 Å². The third kappa shape index (κ3) is 3.78. The first-order chi connectivity index (χ1) is 10.8. The number of urea groups is 1. The van der Waals surface area contributed by atoms with Crippen LogP contribution in [0.4, 0.5) is 4.79 Å². The molecule has 1 saturated carbocycles. The highest BCUT2D eigenvalue weighted by Crippen LogP contribution is 2.29. The first-order valence-electron chi connectivity index (χ1n) is 8.21. The van der Waals surface area contributed by atoms with Gasteiger partial charge in [0.1, 0.15) is 5.65 Å². The van der Waals surface area contributed by atoms with Gasteiger partial charge in [-0.15, -0.1) is 0 Å². The van der Waals surface area contributed by atoms with E-state index in [1.807, 2.05) is 39.9 Å². The molecule has 5 nitrogen and oxygen atoms in total. The van der Waals surface area contributed by atoms with Gasteiger partial charge in [0.15, 0.2) is 0 Å². The molecule has 0 radical (unpaired) electrons. The number of fused-ring (bicyclic) bond motifs is 1. The smallest absolute Gasteiger partial charge is 0.317 e. The fourth-order valence-corrected chi connectivity index (χ4v) is 2.67. The molecule has 5 heteroatoms. The third-order valence-electron chi connectivity index (χ3n) is 4.03. The molecule has 2 amide bonds. The fourth-order valence-electron chi connectivity index (χ4n) is 2.67. The van der Waals surface area contributed by atoms with Crippen molar-refractivity contribution in [1.29, 1.82) is 0 Å². The highest BCUT2D eigenvalue weighted by molar-refractivity contribution is 5.74. The summed E-state index contributed by atoms with van der Waals surface area (Å²) in [6.07, 6.45) is 8.32. The number of aromatic nitrogens is 2. The molecule has 0 unspecified atom stereocenters. The van der Waals surface area contributed by atoms with Crippen LogP contribution in [-0.4, -0.2) is 39.9 Å². The minimum absolute atomic E-state index is 0.0671. The van der Waals surface area contributed by atoms with Crippen molar-refractivity contribution in [2.24, 2.45) is 5.92 Å². The molecule has 0 aromatic carbocycles. The lowest BCUT2D eigenvalue weighted by atomic mass is 10.3. The molecule has 2 aromatic rings. The summed E-state index contributed by atoms with van der Waals surface area (Å²) in [6.45, 7) is 4.50. The monoisotopic (exact) mass is 300 g/mol. The predicted molar refractivity (Wildman–Crippen MR) is 86.9 cm³/mol. The number of hydrogen-bond acceptors (Lipinski definition) is 2. The van der Waals surface area contributed by atoms with Crippen molar-refractivity contribution in [3.05, 3.63) is 36.3 Å². The van der Waals surface area contributed by atoms with E-state index in [4.69, 9.17) is 0 Å². The van der Waals surface area contributed by atoms with E-state index in [-0.39, 0.29) is 6.03 Å². The summed E-state index contributed by atoms with van der Waals surface area (Å²) in [6, 6.07) is 6.02. The van der Waals surface area contributed by atoms with Gasteiger partial charge in [0, 0.05) is 38.4 Å². The topological polar surface area (TPSA) is 49.6 Å². The first kappa shape index (κ1) is 14.9. The molecule has 118 valence electrons. The van der Waals surface area contributed by atoms with E-state index in [2.05, 4.69) is 17.2 Å². The van der Waals surface area contributed by atoms with Crippen molar-refractivity contribution in [2.45, 2.75) is 32.6 Å². The molecular weight excluding hydrogens is 276 g/mol. The minimum Gasteiger partial charge on any atom is -0.338 e. The van der Waals surface area contributed by atoms with Gasteiger partial charge in [-0.2, -0.15) is 0 Å². The Labute approximate surface area is 131 Å². The van der Waals surface area contributed by atoms with Gasteiger partial charge in [-0.1, -0.05) is 13.0 Å². The lowest BCUT2D eigenvalue weighted by molar-refractivity contribution is 0.195. The number of amides is 2. The van der Waals surface area contributed by atoms with Gasteiger partial charge in [0.25, 0.3) is 0 Å². The van der Waals surface area contributed by atoms with Crippen molar-refractivity contribution in [2.75, 3.05) is 19.6 Å². The number of pyridine rings is 1. The van der Waals surface area contributed by atoms with Gasteiger partial charge in [-0.25, -0.2) is 9.78 Å². The van der Waals surface area contributed by atoms with E-state index >= 15 is 0 Å². The Kier molecular flexibility index (Phi) is 4.61. The first-order valence-corrected chi connectivity index (χ1v) is 8.21. The van der Waals surface area contributed by atoms with Crippen LogP contribution in [0.25, 0.3) is 5.65 Å². The molecule has 0 saturated heterocycles. The number of rotatable bonds is 7. The van der Waals surface area contributed by atoms with Gasteiger partial charge in [-0.05, 0) is 37.3 Å². The number of nitrogens with zero attached hydrogens (tertiary/aromatic N) is 3. The summed E-state index contributed by atoms with van der Waals surface area (Å²) in [4.78, 5) is 18.8. The molecular formula is C17H24N4O. The molecule has 1 N–H and O–H groups in total. The van der Waals surface area contributed by atoms with Crippen LogP contribution >= 0.6 is 0 Å². The van der Waals surface area contributed by atoms with Crippen LogP contribution in [0, 0.1) is 5.92 Å². The van der Waals surface area contributed by atoms with Crippen molar-refractivity contribution in [3.8, 4) is 0 Å². The molecule has 0 spiro atoms. The lowest BCUT2D eigenvalue weighted by Gasteiger charge is -2.22. The predicted octanol–water partition coefficient (Wildman–Crippen LogP) is 2.71. The van der Waals surface area contributed by atoms with Crippen LogP contribution in [0.15, 0.2) is 30.6 Å². The second kappa shape index (κ2) is 6.81. The zero-order chi connectivity index (χ0) is 15.4. The number of carbonyl (C=O) groups excluding carboxylic acids is 1. The molecule has 1 aliphatic carbocycles. The number of carbonyl (C=O) groups is 1. The molecule has 0 atom stereocenters. The van der Waals surface area contributed by atoms with Crippen LogP contribution in [0.3, 0.4) is 0 Å². The second-order valence-electron chi connectivity index (χ2n) is 6.07. The van der Waals surface area contributed by atoms with Crippen molar-refractivity contribution in [1.82, 2.24) is 19.6 Å². The maximum atomic E-state index is 12.2. The Hall–Kier alpha value is -2.04. The Morgan fingerprint density at radius 1 is 1.45 bits per heavy atom. The van der Waals surface area contributed by atoms with Crippen LogP contribution in [-0.2, 0) is 6.42 Å². The van der Waals surface area contributed by atoms with E-state index < -0.39 is 0 Å². The van der Waals surface area contributed by atoms with Crippen molar-refractivity contribution in [3.63, 3.8) is 0 Å². The van der Waals surface area contributed by atoms with Gasteiger partial charge in [0.05, 0.1) is 5.69 Å². The highest BCUT2D eigenvalue weighted by Gasteiger charge is 2.26. The van der Waals surface area contributed by atoms with E-state index in [1.54, 1.807) is 0 Å². The average Bonchev–Trinajstić information content (AvgIpc) is 3.23. The molecule has 3 rings (SSSR count). The third-order valence-corrected chi connectivity index (χ3v) is 4.03. The van der Waals surface area contributed by atoms with Crippen LogP contribution in [0.2, 0.25) is 0 Å². The van der Waals surface area contributed by atoms with Gasteiger partial charge in [0.2, 0.25) is 0 Å². The van der Waals surface area contributed by atoms with Gasteiger partial charge < -0.3 is 14.6 Å². The molecule has 2 aromatic heterocycles. The van der Waals surface area contributed by atoms with Crippen molar-refractivity contribution >= 4 is 11.7 Å². The standard InChI is InChI=1S/C17H24N4O/c1-2-10-21(12-14-6-7-14)17(22)18-9-8-15-13-20-11-4-3-5-16(20)19-15/h3-5,11,13-14H,2,6-10,12H2,1H3,(H,18,22). The van der Waals surface area contributed by atoms with E-state index in [9.17, 15) is 4.79 Å². The zero-order valence-electron chi connectivity index (χ0n) is 13.2. The van der Waals surface area contributed by atoms with E-state index in [0.717, 1.165) is 43.2 Å². The summed E-state index contributed by atoms with van der Waals surface area (Å²) >= 11 is 0. The Bertz CT molecular complexity index is 599. The zero-order valence-corrected chi connectivity index (χ0v) is 13.2. The maximum Gasteiger partial charge on any atom is 0.317 e. The largest absolute Gasteiger partial charge is 0.338 e. The summed E-state index contributed by atoms with van der Waals surface area (Å²) in [5.41, 5.74) is 1.96. The summed E-state index contributed by atoms with van der Waals surface area (Å²) in [5.74, 6) is 0.732. The number of imidazole rings is 1. The molecule has 1 fully saturated rings. The molecule has 0 aliphatic heterocycles. The van der Waals surface area contributed by atoms with E-state index in [1.165, 1.54) is 12.8 Å². The SMILES string of the molecule is CCCN(CC1CC1)C(=O)NCCc1cn2ccccc2n1. The Morgan fingerprint density at radius 2 is 2.32 bits per heavy atom. The van der Waals surface area contributed by atoms with Crippen LogP contribution in [0.1, 0.15) is 31.9 Å². The summed E-state index contributed by atoms with van der Waals surface area (Å²) in [7, 11) is 0. The molecule has 22 heavy (non-hydrogen) atoms.